The fourth-order valence-electron chi connectivity index (χ4n) is 12.3. The first kappa shape index (κ1) is 47.3. The number of aryl methyl sites for hydroxylation is 2. The summed E-state index contributed by atoms with van der Waals surface area (Å²) in [4.78, 5) is 35.7. The van der Waals surface area contributed by atoms with Crippen LogP contribution in [0, 0.1) is 25.5 Å². The molecule has 0 fully saturated rings. The Bertz CT molecular complexity index is 3010. The monoisotopic (exact) mass is 933 g/mol. The lowest BCUT2D eigenvalue weighted by molar-refractivity contribution is -0.125. The Labute approximate surface area is 414 Å². The normalized spacial score (nSPS) is 17.0. The van der Waals surface area contributed by atoms with Gasteiger partial charge < -0.3 is 9.80 Å². The Morgan fingerprint density at radius 2 is 0.757 bits per heavy atom. The maximum absolute atomic E-state index is 15.8. The molecule has 0 N–H and O–H groups in total. The number of amides is 2. The highest BCUT2D eigenvalue weighted by molar-refractivity contribution is 6.30. The summed E-state index contributed by atoms with van der Waals surface area (Å²) < 4.78 is 30.8. The number of unbranched alkanes of at least 4 members (excludes halogenated alkanes) is 2. The minimum Gasteiger partial charge on any atom is -0.304 e. The summed E-state index contributed by atoms with van der Waals surface area (Å²) in [6, 6.07) is 36.2. The van der Waals surface area contributed by atoms with E-state index >= 15 is 18.4 Å². The van der Waals surface area contributed by atoms with Gasteiger partial charge in [0.05, 0.1) is 22.5 Å². The molecular weight excluding hydrogens is 867 g/mol. The van der Waals surface area contributed by atoms with Crippen molar-refractivity contribution < 1.29 is 18.4 Å². The number of hydrogen-bond donors (Lipinski definition) is 0. The van der Waals surface area contributed by atoms with Gasteiger partial charge in [-0.15, -0.1) is 0 Å². The van der Waals surface area contributed by atoms with Crippen molar-refractivity contribution in [3.63, 3.8) is 0 Å². The highest BCUT2D eigenvalue weighted by Gasteiger charge is 2.52. The summed E-state index contributed by atoms with van der Waals surface area (Å²) in [5.41, 5.74) is 16.8. The first-order chi connectivity index (χ1) is 33.5. The smallest absolute Gasteiger partial charge is 0.261 e. The van der Waals surface area contributed by atoms with E-state index in [0.29, 0.717) is 33.7 Å². The molecule has 358 valence electrons. The van der Waals surface area contributed by atoms with Crippen LogP contribution in [0.1, 0.15) is 151 Å². The van der Waals surface area contributed by atoms with Gasteiger partial charge in [-0.1, -0.05) is 154 Å². The third kappa shape index (κ3) is 7.34. The molecule has 2 aliphatic carbocycles. The molecule has 0 bridgehead atoms. The zero-order chi connectivity index (χ0) is 49.6. The largest absolute Gasteiger partial charge is 0.304 e. The number of fused-ring (bicyclic) bond motifs is 7. The molecule has 4 nitrogen and oxygen atoms in total. The summed E-state index contributed by atoms with van der Waals surface area (Å²) in [6.45, 7) is 21.4. The number of halogens is 2. The third-order valence-electron chi connectivity index (χ3n) is 16.3. The van der Waals surface area contributed by atoms with Crippen molar-refractivity contribution in [1.82, 2.24) is 9.80 Å². The molecule has 10 rings (SSSR count). The van der Waals surface area contributed by atoms with Crippen LogP contribution in [0.5, 0.6) is 0 Å². The van der Waals surface area contributed by atoms with Crippen molar-refractivity contribution in [2.24, 2.45) is 0 Å². The van der Waals surface area contributed by atoms with Gasteiger partial charge in [-0.25, -0.2) is 8.78 Å². The van der Waals surface area contributed by atoms with E-state index in [9.17, 15) is 0 Å². The van der Waals surface area contributed by atoms with E-state index in [-0.39, 0.29) is 35.5 Å². The lowest BCUT2D eigenvalue weighted by atomic mass is 9.80. The van der Waals surface area contributed by atoms with Crippen molar-refractivity contribution in [2.75, 3.05) is 0 Å². The highest BCUT2D eigenvalue weighted by Crippen LogP contribution is 2.55. The van der Waals surface area contributed by atoms with Gasteiger partial charge in [0.25, 0.3) is 11.8 Å². The first-order valence-electron chi connectivity index (χ1n) is 25.8. The Kier molecular flexibility index (Phi) is 12.0. The van der Waals surface area contributed by atoms with Gasteiger partial charge in [-0.3, -0.25) is 9.59 Å². The molecule has 6 heteroatoms. The quantitative estimate of drug-likeness (QED) is 0.109. The number of hydrogen-bond acceptors (Lipinski definition) is 2. The Morgan fingerprint density at radius 1 is 0.443 bits per heavy atom. The second-order valence-corrected chi connectivity index (χ2v) is 21.5. The molecule has 2 heterocycles. The Hall–Kier alpha value is -6.40. The van der Waals surface area contributed by atoms with Crippen LogP contribution in [-0.4, -0.2) is 33.7 Å². The van der Waals surface area contributed by atoms with E-state index in [1.807, 2.05) is 60.0 Å². The zero-order valence-corrected chi connectivity index (χ0v) is 42.7. The van der Waals surface area contributed by atoms with E-state index in [0.717, 1.165) is 129 Å². The number of nitrogens with zero attached hydrogens (tertiary/aromatic N) is 2. The van der Waals surface area contributed by atoms with Crippen molar-refractivity contribution in [1.29, 1.82) is 0 Å². The van der Waals surface area contributed by atoms with Crippen LogP contribution in [0.3, 0.4) is 0 Å². The molecule has 0 saturated heterocycles. The van der Waals surface area contributed by atoms with Crippen molar-refractivity contribution in [2.45, 2.75) is 144 Å². The van der Waals surface area contributed by atoms with Gasteiger partial charge in [-0.2, -0.15) is 0 Å². The van der Waals surface area contributed by atoms with Crippen LogP contribution in [0.2, 0.25) is 0 Å². The van der Waals surface area contributed by atoms with Crippen molar-refractivity contribution in [3.8, 4) is 44.5 Å². The second-order valence-electron chi connectivity index (χ2n) is 21.5. The number of carbonyl (C=O) groups is 2. The Morgan fingerprint density at radius 3 is 1.07 bits per heavy atom. The van der Waals surface area contributed by atoms with Crippen molar-refractivity contribution in [3.05, 3.63) is 176 Å². The summed E-state index contributed by atoms with van der Waals surface area (Å²) >= 11 is 0. The molecule has 0 saturated carbocycles. The maximum Gasteiger partial charge on any atom is 0.261 e. The van der Waals surface area contributed by atoms with E-state index in [2.05, 4.69) is 116 Å². The van der Waals surface area contributed by atoms with Gasteiger partial charge in [0, 0.05) is 34.0 Å². The van der Waals surface area contributed by atoms with Gasteiger partial charge in [0.15, 0.2) is 0 Å². The molecule has 2 aliphatic heterocycles. The molecule has 2 atom stereocenters. The highest BCUT2D eigenvalue weighted by atomic mass is 19.1. The topological polar surface area (TPSA) is 40.6 Å². The average Bonchev–Trinajstić information content (AvgIpc) is 3.96. The first-order valence-corrected chi connectivity index (χ1v) is 25.8. The molecule has 4 aliphatic rings. The third-order valence-corrected chi connectivity index (χ3v) is 16.3. The van der Waals surface area contributed by atoms with Crippen LogP contribution >= 0.6 is 0 Å². The van der Waals surface area contributed by atoms with Crippen LogP contribution in [0.4, 0.5) is 8.78 Å². The molecule has 0 spiro atoms. The van der Waals surface area contributed by atoms with Gasteiger partial charge in [0.2, 0.25) is 0 Å². The lowest BCUT2D eigenvalue weighted by Crippen LogP contribution is -2.39. The van der Waals surface area contributed by atoms with Crippen LogP contribution in [0.25, 0.3) is 55.9 Å². The van der Waals surface area contributed by atoms with Crippen LogP contribution in [0.15, 0.2) is 120 Å². The van der Waals surface area contributed by atoms with Crippen LogP contribution < -0.4 is 0 Å². The fraction of sp³-hybridized carbons (Fsp3) is 0.344. The van der Waals surface area contributed by atoms with E-state index in [4.69, 9.17) is 0 Å². The van der Waals surface area contributed by atoms with Crippen molar-refractivity contribution >= 4 is 23.2 Å². The van der Waals surface area contributed by atoms with E-state index in [1.54, 1.807) is 12.1 Å². The molecule has 6 aromatic carbocycles. The number of benzene rings is 6. The average molecular weight is 933 g/mol. The predicted molar refractivity (Wildman–Crippen MR) is 283 cm³/mol. The molecule has 0 aromatic heterocycles. The molecule has 2 amide bonds. The second kappa shape index (κ2) is 17.8. The molecule has 2 unspecified atom stereocenters. The minimum atomic E-state index is -0.449. The standard InChI is InChI=1S/C64H66F2N2O2/c1-11-15-17-43(13-3)67-59(41-23-29-49-47-27-21-39(45-25-19-37(5)31-55(45)65)33-51(47)63(7,8)53(49)35-41)57-58(61(67)69)60(68(62(57)70)44(14-4)18-16-12-2)42-24-30-50-48-28-22-40(46-26-20-38(6)32-56(46)66)34-52(48)64(9,10)54(50)36-42/h19-36,43-44H,11-18H2,1-10H3. The van der Waals surface area contributed by atoms with E-state index < -0.39 is 10.8 Å². The Balaban J connectivity index is 1.15. The molecule has 6 aromatic rings. The summed E-state index contributed by atoms with van der Waals surface area (Å²) in [7, 11) is 0. The summed E-state index contributed by atoms with van der Waals surface area (Å²) in [5.74, 6) is -0.684. The zero-order valence-electron chi connectivity index (χ0n) is 42.7. The lowest BCUT2D eigenvalue weighted by Gasteiger charge is -2.34. The van der Waals surface area contributed by atoms with Gasteiger partial charge >= 0.3 is 0 Å². The maximum atomic E-state index is 15.8. The fourth-order valence-corrected chi connectivity index (χ4v) is 12.3. The SMILES string of the molecule is CCCCC(CC)N1C(=O)C2=C(c3ccc4c(c3)C(C)(C)c3cc(-c5ccc(C)cc5F)ccc3-4)N(C(CC)CCCC)C(=O)C2=C1c1ccc2c(c1)C(C)(C)c1cc(-c3ccc(C)cc3F)ccc1-2. The van der Waals surface area contributed by atoms with Crippen LogP contribution in [-0.2, 0) is 20.4 Å². The molecule has 0 radical (unpaired) electrons. The summed E-state index contributed by atoms with van der Waals surface area (Å²) in [6.07, 6.45) is 7.05. The summed E-state index contributed by atoms with van der Waals surface area (Å²) in [5, 5.41) is 0. The van der Waals surface area contributed by atoms with Gasteiger partial charge in [0.1, 0.15) is 11.6 Å². The van der Waals surface area contributed by atoms with E-state index in [1.165, 1.54) is 0 Å². The number of carbonyl (C=O) groups excluding carboxylic acids is 2. The number of rotatable bonds is 14. The van der Waals surface area contributed by atoms with Gasteiger partial charge in [-0.05, 0) is 154 Å². The molecule has 70 heavy (non-hydrogen) atoms. The predicted octanol–water partition coefficient (Wildman–Crippen LogP) is 16.3. The minimum absolute atomic E-state index is 0.107. The molecular formula is C64H66F2N2O2.